The minimum Gasteiger partial charge on any atom is -0.503 e. The summed E-state index contributed by atoms with van der Waals surface area (Å²) in [6.45, 7) is 1.28. The van der Waals surface area contributed by atoms with E-state index in [1.165, 1.54) is 13.0 Å². The molecule has 2 nitrogen and oxygen atoms in total. The van der Waals surface area contributed by atoms with Gasteiger partial charge in [0.1, 0.15) is 11.5 Å². The normalized spacial score (nSPS) is 10.7. The highest BCUT2D eigenvalue weighted by Gasteiger charge is 2.13. The molecule has 0 radical (unpaired) electrons. The zero-order valence-electron chi connectivity index (χ0n) is 10.5. The van der Waals surface area contributed by atoms with Crippen LogP contribution in [0.4, 0.5) is 23.2 Å². The molecule has 2 rings (SSSR count). The van der Waals surface area contributed by atoms with Crippen LogP contribution in [-0.4, -0.2) is 5.11 Å². The van der Waals surface area contributed by atoms with E-state index in [1.807, 2.05) is 0 Å². The van der Waals surface area contributed by atoms with Crippen molar-refractivity contribution in [2.45, 2.75) is 13.5 Å². The molecule has 6 heteroatoms. The van der Waals surface area contributed by atoms with E-state index in [0.717, 1.165) is 18.2 Å². The summed E-state index contributed by atoms with van der Waals surface area (Å²) in [6.07, 6.45) is 0. The molecule has 2 aromatic rings. The van der Waals surface area contributed by atoms with E-state index < -0.39 is 29.0 Å². The average Bonchev–Trinajstić information content (AvgIpc) is 2.40. The van der Waals surface area contributed by atoms with Gasteiger partial charge in [-0.1, -0.05) is 6.07 Å². The van der Waals surface area contributed by atoms with Gasteiger partial charge >= 0.3 is 0 Å². The summed E-state index contributed by atoms with van der Waals surface area (Å²) in [5, 5.41) is 11.4. The number of hydrogen-bond acceptors (Lipinski definition) is 2. The highest BCUT2D eigenvalue weighted by Crippen LogP contribution is 2.24. The van der Waals surface area contributed by atoms with E-state index in [-0.39, 0.29) is 23.4 Å². The molecule has 0 aliphatic carbocycles. The zero-order chi connectivity index (χ0) is 14.9. The van der Waals surface area contributed by atoms with Crippen molar-refractivity contribution < 1.29 is 22.7 Å². The Kier molecular flexibility index (Phi) is 3.83. The summed E-state index contributed by atoms with van der Waals surface area (Å²) in [6, 6.07) is 4.16. The number of halogens is 4. The second kappa shape index (κ2) is 5.40. The van der Waals surface area contributed by atoms with Gasteiger partial charge in [0.2, 0.25) is 0 Å². The van der Waals surface area contributed by atoms with Crippen LogP contribution in [0.1, 0.15) is 11.1 Å². The topological polar surface area (TPSA) is 32.3 Å². The first-order valence-electron chi connectivity index (χ1n) is 5.75. The first kappa shape index (κ1) is 14.2. The summed E-state index contributed by atoms with van der Waals surface area (Å²) < 4.78 is 53.4. The van der Waals surface area contributed by atoms with Gasteiger partial charge in [0, 0.05) is 6.54 Å². The minimum atomic E-state index is -1.13. The molecule has 0 aliphatic rings. The molecule has 0 bridgehead atoms. The Morgan fingerprint density at radius 3 is 2.20 bits per heavy atom. The predicted octanol–water partition coefficient (Wildman–Crippen LogP) is 3.87. The minimum absolute atomic E-state index is 0.109. The van der Waals surface area contributed by atoms with Crippen molar-refractivity contribution in [1.29, 1.82) is 0 Å². The molecule has 2 aromatic carbocycles. The van der Waals surface area contributed by atoms with Crippen LogP contribution in [0.15, 0.2) is 24.3 Å². The van der Waals surface area contributed by atoms with Crippen molar-refractivity contribution in [3.8, 4) is 5.75 Å². The molecule has 20 heavy (non-hydrogen) atoms. The van der Waals surface area contributed by atoms with Gasteiger partial charge in [-0.15, -0.1) is 0 Å². The third-order valence-electron chi connectivity index (χ3n) is 2.83. The Balaban J connectivity index is 2.24. The predicted molar refractivity (Wildman–Crippen MR) is 66.4 cm³/mol. The second-order valence-corrected chi connectivity index (χ2v) is 4.31. The van der Waals surface area contributed by atoms with Crippen LogP contribution in [0.5, 0.6) is 5.75 Å². The van der Waals surface area contributed by atoms with Crippen molar-refractivity contribution in [1.82, 2.24) is 0 Å². The number of phenolic OH excluding ortho intramolecular Hbond substituents is 1. The summed E-state index contributed by atoms with van der Waals surface area (Å²) in [5.74, 6) is -4.90. The maximum absolute atomic E-state index is 13.7. The summed E-state index contributed by atoms with van der Waals surface area (Å²) in [7, 11) is 0. The molecule has 0 unspecified atom stereocenters. The maximum atomic E-state index is 13.7. The summed E-state index contributed by atoms with van der Waals surface area (Å²) in [4.78, 5) is 0. The van der Waals surface area contributed by atoms with Gasteiger partial charge in [0.05, 0.1) is 0 Å². The SMILES string of the molecule is Cc1ccc(F)c(NCc2cc(F)c(O)c(F)c2)c1F. The lowest BCUT2D eigenvalue weighted by molar-refractivity contribution is 0.395. The third-order valence-corrected chi connectivity index (χ3v) is 2.83. The Labute approximate surface area is 112 Å². The van der Waals surface area contributed by atoms with Gasteiger partial charge in [0.25, 0.3) is 0 Å². The Morgan fingerprint density at radius 2 is 1.60 bits per heavy atom. The molecule has 0 fully saturated rings. The molecule has 2 N–H and O–H groups in total. The molecular formula is C14H11F4NO. The Hall–Kier alpha value is -2.24. The number of nitrogens with one attached hydrogen (secondary N) is 1. The second-order valence-electron chi connectivity index (χ2n) is 4.31. The van der Waals surface area contributed by atoms with E-state index in [9.17, 15) is 17.6 Å². The Morgan fingerprint density at radius 1 is 1.00 bits per heavy atom. The van der Waals surface area contributed by atoms with Gasteiger partial charge in [0.15, 0.2) is 23.2 Å². The molecule has 0 heterocycles. The number of benzene rings is 2. The Bertz CT molecular complexity index is 635. The van der Waals surface area contributed by atoms with Crippen LogP contribution in [0.25, 0.3) is 0 Å². The summed E-state index contributed by atoms with van der Waals surface area (Å²) in [5.41, 5.74) is -0.00559. The highest BCUT2D eigenvalue weighted by molar-refractivity contribution is 5.49. The number of rotatable bonds is 3. The van der Waals surface area contributed by atoms with Crippen LogP contribution in [-0.2, 0) is 6.54 Å². The van der Waals surface area contributed by atoms with Gasteiger partial charge in [-0.25, -0.2) is 17.6 Å². The first-order chi connectivity index (χ1) is 9.40. The van der Waals surface area contributed by atoms with Crippen molar-refractivity contribution in [2.24, 2.45) is 0 Å². The lowest BCUT2D eigenvalue weighted by Crippen LogP contribution is -2.05. The molecule has 0 aromatic heterocycles. The highest BCUT2D eigenvalue weighted by atomic mass is 19.1. The van der Waals surface area contributed by atoms with E-state index in [0.29, 0.717) is 0 Å². The maximum Gasteiger partial charge on any atom is 0.187 e. The van der Waals surface area contributed by atoms with E-state index >= 15 is 0 Å². The lowest BCUT2D eigenvalue weighted by Gasteiger charge is -2.11. The fourth-order valence-electron chi connectivity index (χ4n) is 1.73. The smallest absolute Gasteiger partial charge is 0.187 e. The average molecular weight is 285 g/mol. The van der Waals surface area contributed by atoms with Gasteiger partial charge in [-0.3, -0.25) is 0 Å². The lowest BCUT2D eigenvalue weighted by atomic mass is 10.1. The number of phenols is 1. The fourth-order valence-corrected chi connectivity index (χ4v) is 1.73. The van der Waals surface area contributed by atoms with Crippen molar-refractivity contribution in [3.05, 3.63) is 58.7 Å². The fraction of sp³-hybridized carbons (Fsp3) is 0.143. The number of anilines is 1. The molecule has 0 atom stereocenters. The van der Waals surface area contributed by atoms with Gasteiger partial charge in [-0.2, -0.15) is 0 Å². The number of aryl methyl sites for hydroxylation is 1. The van der Waals surface area contributed by atoms with Crippen molar-refractivity contribution in [3.63, 3.8) is 0 Å². The van der Waals surface area contributed by atoms with Crippen LogP contribution in [0, 0.1) is 30.2 Å². The van der Waals surface area contributed by atoms with Crippen molar-refractivity contribution in [2.75, 3.05) is 5.32 Å². The van der Waals surface area contributed by atoms with E-state index in [2.05, 4.69) is 5.32 Å². The molecular weight excluding hydrogens is 274 g/mol. The van der Waals surface area contributed by atoms with Crippen molar-refractivity contribution >= 4 is 5.69 Å². The molecule has 0 aliphatic heterocycles. The van der Waals surface area contributed by atoms with Crippen LogP contribution >= 0.6 is 0 Å². The molecule has 0 spiro atoms. The molecule has 106 valence electrons. The number of aromatic hydroxyl groups is 1. The quantitative estimate of drug-likeness (QED) is 0.839. The number of hydrogen-bond donors (Lipinski definition) is 2. The van der Waals surface area contributed by atoms with Gasteiger partial charge in [-0.05, 0) is 36.2 Å². The largest absolute Gasteiger partial charge is 0.503 e. The van der Waals surface area contributed by atoms with Crippen LogP contribution in [0.3, 0.4) is 0 Å². The zero-order valence-corrected chi connectivity index (χ0v) is 10.5. The van der Waals surface area contributed by atoms with Crippen LogP contribution in [0.2, 0.25) is 0 Å². The van der Waals surface area contributed by atoms with Gasteiger partial charge < -0.3 is 10.4 Å². The molecule has 0 saturated heterocycles. The standard InChI is InChI=1S/C14H11F4NO/c1-7-2-3-9(15)13(12(7)18)19-6-8-4-10(16)14(20)11(17)5-8/h2-5,19-20H,6H2,1H3. The molecule has 0 amide bonds. The summed E-state index contributed by atoms with van der Waals surface area (Å²) >= 11 is 0. The molecule has 0 saturated carbocycles. The third kappa shape index (κ3) is 2.68. The van der Waals surface area contributed by atoms with Crippen LogP contribution < -0.4 is 5.32 Å². The van der Waals surface area contributed by atoms with E-state index in [1.54, 1.807) is 0 Å². The first-order valence-corrected chi connectivity index (χ1v) is 5.75. The monoisotopic (exact) mass is 285 g/mol. The van der Waals surface area contributed by atoms with E-state index in [4.69, 9.17) is 5.11 Å².